The molecule has 4 rings (SSSR count). The molecule has 1 aromatic heterocycles. The van der Waals surface area contributed by atoms with Gasteiger partial charge in [0.2, 0.25) is 11.7 Å². The Morgan fingerprint density at radius 1 is 1.04 bits per heavy atom. The number of nitro benzene ring substituents is 1. The molecule has 9 nitrogen and oxygen atoms in total. The predicted octanol–water partition coefficient (Wildman–Crippen LogP) is 2.87. The van der Waals surface area contributed by atoms with Crippen molar-refractivity contribution in [1.82, 2.24) is 15.0 Å². The number of benzene rings is 2. The lowest BCUT2D eigenvalue weighted by Crippen LogP contribution is -2.31. The number of imide groups is 1. The highest BCUT2D eigenvalue weighted by atomic mass is 16.6. The van der Waals surface area contributed by atoms with E-state index >= 15 is 0 Å². The molecule has 9 heteroatoms. The van der Waals surface area contributed by atoms with Gasteiger partial charge in [-0.05, 0) is 12.5 Å². The standard InChI is InChI=1S/C19H14N4O5/c24-18-14-9-8-13(23(26)27)11-15(14)19(25)22(18)10-4-7-16-20-17(21-28-16)12-5-2-1-3-6-12/h1-3,5-6,8-9,11H,4,7,10H2. The summed E-state index contributed by atoms with van der Waals surface area (Å²) in [5.41, 5.74) is 0.851. The monoisotopic (exact) mass is 378 g/mol. The molecule has 0 N–H and O–H groups in total. The summed E-state index contributed by atoms with van der Waals surface area (Å²) in [6, 6.07) is 13.0. The number of nitro groups is 1. The third-order valence-corrected chi connectivity index (χ3v) is 4.44. The van der Waals surface area contributed by atoms with Crippen molar-refractivity contribution in [3.8, 4) is 11.4 Å². The topological polar surface area (TPSA) is 119 Å². The van der Waals surface area contributed by atoms with Gasteiger partial charge in [-0.25, -0.2) is 0 Å². The first kappa shape index (κ1) is 17.5. The van der Waals surface area contributed by atoms with Crippen LogP contribution in [-0.4, -0.2) is 38.3 Å². The number of rotatable bonds is 6. The van der Waals surface area contributed by atoms with Crippen LogP contribution in [0.3, 0.4) is 0 Å². The van der Waals surface area contributed by atoms with Crippen LogP contribution in [0.1, 0.15) is 33.0 Å². The second-order valence-corrected chi connectivity index (χ2v) is 6.23. The number of hydrogen-bond donors (Lipinski definition) is 0. The second kappa shape index (κ2) is 7.03. The first-order chi connectivity index (χ1) is 13.5. The van der Waals surface area contributed by atoms with Gasteiger partial charge in [0, 0.05) is 30.7 Å². The van der Waals surface area contributed by atoms with Gasteiger partial charge in [0.1, 0.15) is 0 Å². The maximum Gasteiger partial charge on any atom is 0.270 e. The molecule has 0 unspecified atom stereocenters. The molecule has 0 fully saturated rings. The predicted molar refractivity (Wildman–Crippen MR) is 96.5 cm³/mol. The Labute approximate surface area is 158 Å². The average molecular weight is 378 g/mol. The zero-order valence-corrected chi connectivity index (χ0v) is 14.6. The van der Waals surface area contributed by atoms with Crippen LogP contribution in [0, 0.1) is 10.1 Å². The van der Waals surface area contributed by atoms with Crippen LogP contribution in [-0.2, 0) is 6.42 Å². The lowest BCUT2D eigenvalue weighted by atomic mass is 10.1. The fourth-order valence-electron chi connectivity index (χ4n) is 3.04. The van der Waals surface area contributed by atoms with E-state index in [2.05, 4.69) is 10.1 Å². The van der Waals surface area contributed by atoms with Gasteiger partial charge in [-0.2, -0.15) is 4.98 Å². The van der Waals surface area contributed by atoms with Crippen molar-refractivity contribution in [3.63, 3.8) is 0 Å². The van der Waals surface area contributed by atoms with Crippen molar-refractivity contribution < 1.29 is 19.0 Å². The third-order valence-electron chi connectivity index (χ3n) is 4.44. The van der Waals surface area contributed by atoms with Crippen LogP contribution >= 0.6 is 0 Å². The number of nitrogens with zero attached hydrogens (tertiary/aromatic N) is 4. The Hall–Kier alpha value is -3.88. The van der Waals surface area contributed by atoms with Gasteiger partial charge < -0.3 is 4.52 Å². The van der Waals surface area contributed by atoms with Crippen LogP contribution in [0.2, 0.25) is 0 Å². The highest BCUT2D eigenvalue weighted by molar-refractivity contribution is 6.21. The van der Waals surface area contributed by atoms with Crippen LogP contribution in [0.4, 0.5) is 5.69 Å². The number of amides is 2. The van der Waals surface area contributed by atoms with E-state index in [1.54, 1.807) is 0 Å². The largest absolute Gasteiger partial charge is 0.339 e. The van der Waals surface area contributed by atoms with Gasteiger partial charge in [-0.1, -0.05) is 35.5 Å². The van der Waals surface area contributed by atoms with Crippen LogP contribution < -0.4 is 0 Å². The van der Waals surface area contributed by atoms with E-state index < -0.39 is 16.7 Å². The summed E-state index contributed by atoms with van der Waals surface area (Å²) in [5, 5.41) is 14.8. The van der Waals surface area contributed by atoms with E-state index in [4.69, 9.17) is 4.52 Å². The van der Waals surface area contributed by atoms with Gasteiger partial charge in [-0.15, -0.1) is 0 Å². The van der Waals surface area contributed by atoms with Crippen molar-refractivity contribution in [1.29, 1.82) is 0 Å². The normalized spacial score (nSPS) is 13.1. The van der Waals surface area contributed by atoms with Crippen LogP contribution in [0.15, 0.2) is 53.1 Å². The quantitative estimate of drug-likeness (QED) is 0.367. The first-order valence-corrected chi connectivity index (χ1v) is 8.57. The second-order valence-electron chi connectivity index (χ2n) is 6.23. The summed E-state index contributed by atoms with van der Waals surface area (Å²) in [4.78, 5) is 40.5. The van der Waals surface area contributed by atoms with Crippen LogP contribution in [0.25, 0.3) is 11.4 Å². The molecular weight excluding hydrogens is 364 g/mol. The Balaban J connectivity index is 1.41. The molecule has 3 aromatic rings. The van der Waals surface area contributed by atoms with E-state index in [1.165, 1.54) is 12.1 Å². The van der Waals surface area contributed by atoms with Gasteiger partial charge in [0.15, 0.2) is 0 Å². The Bertz CT molecular complexity index is 1080. The maximum atomic E-state index is 12.4. The van der Waals surface area contributed by atoms with Crippen molar-refractivity contribution >= 4 is 17.5 Å². The molecule has 1 aliphatic heterocycles. The fourth-order valence-corrected chi connectivity index (χ4v) is 3.04. The summed E-state index contributed by atoms with van der Waals surface area (Å²) < 4.78 is 5.22. The Morgan fingerprint density at radius 2 is 1.79 bits per heavy atom. The lowest BCUT2D eigenvalue weighted by Gasteiger charge is -2.12. The first-order valence-electron chi connectivity index (χ1n) is 8.57. The van der Waals surface area contributed by atoms with Crippen molar-refractivity contribution in [2.75, 3.05) is 6.54 Å². The zero-order chi connectivity index (χ0) is 19.7. The van der Waals surface area contributed by atoms with E-state index in [0.717, 1.165) is 16.5 Å². The average Bonchev–Trinajstić information content (AvgIpc) is 3.27. The molecule has 2 heterocycles. The minimum atomic E-state index is -0.597. The van der Waals surface area contributed by atoms with Crippen LogP contribution in [0.5, 0.6) is 0 Å². The summed E-state index contributed by atoms with van der Waals surface area (Å²) in [6.07, 6.45) is 0.831. The number of hydrogen-bond acceptors (Lipinski definition) is 7. The number of carbonyl (C=O) groups excluding carboxylic acids is 2. The number of aromatic nitrogens is 2. The minimum absolute atomic E-state index is 0.0587. The Morgan fingerprint density at radius 3 is 2.54 bits per heavy atom. The molecule has 0 saturated carbocycles. The fraction of sp³-hybridized carbons (Fsp3) is 0.158. The summed E-state index contributed by atoms with van der Waals surface area (Å²) >= 11 is 0. The molecule has 0 saturated heterocycles. The highest BCUT2D eigenvalue weighted by Crippen LogP contribution is 2.27. The molecule has 0 aliphatic carbocycles. The molecule has 1 aliphatic rings. The zero-order valence-electron chi connectivity index (χ0n) is 14.6. The van der Waals surface area contributed by atoms with E-state index in [1.807, 2.05) is 30.3 Å². The molecule has 28 heavy (non-hydrogen) atoms. The van der Waals surface area contributed by atoms with Gasteiger partial charge in [-0.3, -0.25) is 24.6 Å². The number of aryl methyl sites for hydroxylation is 1. The number of fused-ring (bicyclic) bond motifs is 1. The molecule has 0 bridgehead atoms. The Kier molecular flexibility index (Phi) is 4.40. The molecule has 2 aromatic carbocycles. The van der Waals surface area contributed by atoms with Gasteiger partial charge in [0.25, 0.3) is 17.5 Å². The third kappa shape index (κ3) is 3.13. The van der Waals surface area contributed by atoms with Crippen molar-refractivity contribution in [2.24, 2.45) is 0 Å². The minimum Gasteiger partial charge on any atom is -0.339 e. The smallest absolute Gasteiger partial charge is 0.270 e. The van der Waals surface area contributed by atoms with E-state index in [0.29, 0.717) is 24.6 Å². The van der Waals surface area contributed by atoms with Crippen molar-refractivity contribution in [3.05, 3.63) is 75.7 Å². The summed E-state index contributed by atoms with van der Waals surface area (Å²) in [7, 11) is 0. The van der Waals surface area contributed by atoms with Crippen molar-refractivity contribution in [2.45, 2.75) is 12.8 Å². The molecule has 0 radical (unpaired) electrons. The lowest BCUT2D eigenvalue weighted by molar-refractivity contribution is -0.384. The maximum absolute atomic E-state index is 12.4. The van der Waals surface area contributed by atoms with Gasteiger partial charge >= 0.3 is 0 Å². The molecular formula is C19H14N4O5. The van der Waals surface area contributed by atoms with E-state index in [-0.39, 0.29) is 23.4 Å². The molecule has 0 atom stereocenters. The SMILES string of the molecule is O=C1c2ccc([N+](=O)[O-])cc2C(=O)N1CCCc1nc(-c2ccccc2)no1. The van der Waals surface area contributed by atoms with E-state index in [9.17, 15) is 19.7 Å². The van der Waals surface area contributed by atoms with Gasteiger partial charge in [0.05, 0.1) is 16.1 Å². The highest BCUT2D eigenvalue weighted by Gasteiger charge is 2.36. The number of non-ortho nitro benzene ring substituents is 1. The molecule has 140 valence electrons. The molecule has 0 spiro atoms. The number of carbonyl (C=O) groups is 2. The summed E-state index contributed by atoms with van der Waals surface area (Å²) in [6.45, 7) is 0.156. The summed E-state index contributed by atoms with van der Waals surface area (Å²) in [5.74, 6) is -0.0978. The molecule has 2 amide bonds.